The lowest BCUT2D eigenvalue weighted by Crippen LogP contribution is -2.42. The summed E-state index contributed by atoms with van der Waals surface area (Å²) in [5.41, 5.74) is 6.94. The topological polar surface area (TPSA) is 46.3 Å². The van der Waals surface area contributed by atoms with E-state index in [0.717, 1.165) is 24.9 Å². The van der Waals surface area contributed by atoms with E-state index in [2.05, 4.69) is 13.8 Å². The molecule has 18 heavy (non-hydrogen) atoms. The molecule has 2 N–H and O–H groups in total. The summed E-state index contributed by atoms with van der Waals surface area (Å²) in [4.78, 5) is 14.7. The van der Waals surface area contributed by atoms with Crippen LogP contribution in [0.4, 0.5) is 0 Å². The quantitative estimate of drug-likeness (QED) is 0.832. The van der Waals surface area contributed by atoms with Gasteiger partial charge in [-0.3, -0.25) is 4.79 Å². The molecule has 1 aromatic rings. The van der Waals surface area contributed by atoms with Crippen LogP contribution in [-0.2, 0) is 0 Å². The van der Waals surface area contributed by atoms with Crippen molar-refractivity contribution in [3.63, 3.8) is 0 Å². The van der Waals surface area contributed by atoms with Crippen molar-refractivity contribution >= 4 is 23.1 Å². The summed E-state index contributed by atoms with van der Waals surface area (Å²) in [6, 6.07) is 7.25. The van der Waals surface area contributed by atoms with Crippen LogP contribution in [0.25, 0.3) is 0 Å². The summed E-state index contributed by atoms with van der Waals surface area (Å²) in [6.07, 6.45) is 2.11. The van der Waals surface area contributed by atoms with Gasteiger partial charge in [0.2, 0.25) is 0 Å². The SMILES string of the molecule is CC1(C)CCCN1C(=O)c1cccc(C(N)=S)c1. The summed E-state index contributed by atoms with van der Waals surface area (Å²) in [5.74, 6) is 0.0654. The van der Waals surface area contributed by atoms with Gasteiger partial charge in [-0.2, -0.15) is 0 Å². The summed E-state index contributed by atoms with van der Waals surface area (Å²) < 4.78 is 0. The largest absolute Gasteiger partial charge is 0.389 e. The lowest BCUT2D eigenvalue weighted by atomic mass is 10.0. The van der Waals surface area contributed by atoms with Crippen molar-refractivity contribution in [1.82, 2.24) is 4.90 Å². The van der Waals surface area contributed by atoms with Crippen LogP contribution < -0.4 is 5.73 Å². The van der Waals surface area contributed by atoms with E-state index in [1.165, 1.54) is 0 Å². The zero-order valence-electron chi connectivity index (χ0n) is 10.8. The van der Waals surface area contributed by atoms with Crippen molar-refractivity contribution in [2.75, 3.05) is 6.54 Å². The number of nitrogens with zero attached hydrogens (tertiary/aromatic N) is 1. The zero-order chi connectivity index (χ0) is 13.3. The van der Waals surface area contributed by atoms with Gasteiger partial charge in [-0.05, 0) is 38.8 Å². The minimum absolute atomic E-state index is 0.0592. The first-order chi connectivity index (χ1) is 8.42. The fourth-order valence-corrected chi connectivity index (χ4v) is 2.57. The summed E-state index contributed by atoms with van der Waals surface area (Å²) in [7, 11) is 0. The molecule has 1 heterocycles. The van der Waals surface area contributed by atoms with Crippen LogP contribution in [0, 0.1) is 0 Å². The highest BCUT2D eigenvalue weighted by molar-refractivity contribution is 7.80. The molecule has 0 spiro atoms. The van der Waals surface area contributed by atoms with Gasteiger partial charge in [0.05, 0.1) is 0 Å². The molecule has 0 bridgehead atoms. The Labute approximate surface area is 113 Å². The molecule has 1 saturated heterocycles. The summed E-state index contributed by atoms with van der Waals surface area (Å²) >= 11 is 4.94. The molecule has 1 amide bonds. The monoisotopic (exact) mass is 262 g/mol. The molecule has 96 valence electrons. The van der Waals surface area contributed by atoms with Crippen LogP contribution in [0.5, 0.6) is 0 Å². The number of benzene rings is 1. The molecule has 1 aliphatic rings. The van der Waals surface area contributed by atoms with E-state index < -0.39 is 0 Å². The van der Waals surface area contributed by atoms with Crippen molar-refractivity contribution in [3.8, 4) is 0 Å². The van der Waals surface area contributed by atoms with Crippen molar-refractivity contribution < 1.29 is 4.79 Å². The first kappa shape index (κ1) is 13.0. The number of amides is 1. The number of rotatable bonds is 2. The molecule has 1 aliphatic heterocycles. The van der Waals surface area contributed by atoms with E-state index in [9.17, 15) is 4.79 Å². The highest BCUT2D eigenvalue weighted by atomic mass is 32.1. The molecule has 1 aromatic carbocycles. The molecule has 2 rings (SSSR count). The van der Waals surface area contributed by atoms with E-state index in [-0.39, 0.29) is 11.4 Å². The third kappa shape index (κ3) is 2.38. The molecular formula is C14H18N2OS. The van der Waals surface area contributed by atoms with Crippen LogP contribution in [0.2, 0.25) is 0 Å². The number of hydrogen-bond donors (Lipinski definition) is 1. The van der Waals surface area contributed by atoms with Gasteiger partial charge in [-0.15, -0.1) is 0 Å². The Hall–Kier alpha value is -1.42. The van der Waals surface area contributed by atoms with Gasteiger partial charge in [-0.1, -0.05) is 24.4 Å². The van der Waals surface area contributed by atoms with Crippen molar-refractivity contribution in [1.29, 1.82) is 0 Å². The van der Waals surface area contributed by atoms with Gasteiger partial charge in [0.1, 0.15) is 4.99 Å². The molecule has 3 nitrogen and oxygen atoms in total. The van der Waals surface area contributed by atoms with Crippen LogP contribution in [0.15, 0.2) is 24.3 Å². The third-order valence-electron chi connectivity index (χ3n) is 3.54. The van der Waals surface area contributed by atoms with Gasteiger partial charge in [0.15, 0.2) is 0 Å². The standard InChI is InChI=1S/C14H18N2OS/c1-14(2)7-4-8-16(14)13(17)11-6-3-5-10(9-11)12(15)18/h3,5-6,9H,4,7-8H2,1-2H3,(H2,15,18). The second-order valence-corrected chi connectivity index (χ2v) is 5.76. The van der Waals surface area contributed by atoms with Crippen LogP contribution in [0.1, 0.15) is 42.6 Å². The Morgan fingerprint density at radius 2 is 2.06 bits per heavy atom. The Morgan fingerprint density at radius 1 is 1.39 bits per heavy atom. The van der Waals surface area contributed by atoms with Crippen molar-refractivity contribution in [3.05, 3.63) is 35.4 Å². The Balaban J connectivity index is 2.29. The molecule has 0 aromatic heterocycles. The molecule has 0 radical (unpaired) electrons. The van der Waals surface area contributed by atoms with Gasteiger partial charge in [-0.25, -0.2) is 0 Å². The average molecular weight is 262 g/mol. The predicted octanol–water partition coefficient (Wildman–Crippen LogP) is 2.34. The number of likely N-dealkylation sites (tertiary alicyclic amines) is 1. The smallest absolute Gasteiger partial charge is 0.254 e. The molecule has 4 heteroatoms. The predicted molar refractivity (Wildman–Crippen MR) is 76.7 cm³/mol. The van der Waals surface area contributed by atoms with Gasteiger partial charge >= 0.3 is 0 Å². The normalized spacial score (nSPS) is 17.8. The Morgan fingerprint density at radius 3 is 2.61 bits per heavy atom. The first-order valence-electron chi connectivity index (χ1n) is 6.14. The number of carbonyl (C=O) groups excluding carboxylic acids is 1. The average Bonchev–Trinajstić information content (AvgIpc) is 2.68. The fraction of sp³-hybridized carbons (Fsp3) is 0.429. The molecule has 0 aliphatic carbocycles. The highest BCUT2D eigenvalue weighted by Gasteiger charge is 2.35. The van der Waals surface area contributed by atoms with Gasteiger partial charge in [0, 0.05) is 23.2 Å². The van der Waals surface area contributed by atoms with Gasteiger partial charge in [0.25, 0.3) is 5.91 Å². The Bertz CT molecular complexity index is 496. The van der Waals surface area contributed by atoms with E-state index in [4.69, 9.17) is 18.0 Å². The minimum Gasteiger partial charge on any atom is -0.389 e. The van der Waals surface area contributed by atoms with E-state index in [1.54, 1.807) is 6.07 Å². The second kappa shape index (κ2) is 4.69. The third-order valence-corrected chi connectivity index (χ3v) is 3.78. The number of nitrogens with two attached hydrogens (primary N) is 1. The van der Waals surface area contributed by atoms with E-state index in [0.29, 0.717) is 10.6 Å². The lowest BCUT2D eigenvalue weighted by Gasteiger charge is -2.31. The maximum Gasteiger partial charge on any atom is 0.254 e. The lowest BCUT2D eigenvalue weighted by molar-refractivity contribution is 0.0652. The van der Waals surface area contributed by atoms with Crippen LogP contribution in [0.3, 0.4) is 0 Å². The van der Waals surface area contributed by atoms with Crippen LogP contribution in [-0.4, -0.2) is 27.9 Å². The maximum atomic E-state index is 12.5. The minimum atomic E-state index is -0.0592. The molecule has 1 fully saturated rings. The van der Waals surface area contributed by atoms with Gasteiger partial charge < -0.3 is 10.6 Å². The molecular weight excluding hydrogens is 244 g/mol. The van der Waals surface area contributed by atoms with E-state index in [1.807, 2.05) is 23.1 Å². The van der Waals surface area contributed by atoms with Crippen molar-refractivity contribution in [2.24, 2.45) is 5.73 Å². The zero-order valence-corrected chi connectivity index (χ0v) is 11.6. The maximum absolute atomic E-state index is 12.5. The van der Waals surface area contributed by atoms with Crippen molar-refractivity contribution in [2.45, 2.75) is 32.2 Å². The Kier molecular flexibility index (Phi) is 3.39. The fourth-order valence-electron chi connectivity index (χ4n) is 2.45. The molecule has 0 unspecified atom stereocenters. The summed E-state index contributed by atoms with van der Waals surface area (Å²) in [6.45, 7) is 5.04. The number of thiocarbonyl (C=S) groups is 1. The second-order valence-electron chi connectivity index (χ2n) is 5.32. The van der Waals surface area contributed by atoms with Crippen LogP contribution >= 0.6 is 12.2 Å². The first-order valence-corrected chi connectivity index (χ1v) is 6.54. The molecule has 0 atom stereocenters. The highest BCUT2D eigenvalue weighted by Crippen LogP contribution is 2.29. The number of carbonyl (C=O) groups is 1. The number of hydrogen-bond acceptors (Lipinski definition) is 2. The summed E-state index contributed by atoms with van der Waals surface area (Å²) in [5, 5.41) is 0. The van der Waals surface area contributed by atoms with E-state index >= 15 is 0 Å². The molecule has 0 saturated carbocycles.